The SMILES string of the molecule is C[C@@H]1NC(=O)[C@@H]2C[C@H](N(C)C)CN2C2CCN(CC2)C(=O)C[C@H]2CN(CC[C@H]2CC(=O)N2CCOCC2)C(=O)C[C@@H]1O. The number of piperidine rings is 2. The second-order valence-electron chi connectivity index (χ2n) is 13.3. The topological polar surface area (TPSA) is 126 Å². The standard InChI is InChI=1S/C30H50N6O6/c1-20-26(37)17-29(40)35-7-4-21(14-27(38)34-10-12-42-13-11-34)22(18-35)15-28(39)33-8-5-23(6-9-33)36-19-24(32(2)3)16-25(36)30(41)31-20/h20-26,37H,4-19H2,1-3H3,(H,31,41)/t20-,21-,22-,24-,25-,26-/m0/s1. The van der Waals surface area contributed by atoms with Crippen molar-refractivity contribution in [2.24, 2.45) is 11.8 Å². The van der Waals surface area contributed by atoms with Crippen LogP contribution in [0.2, 0.25) is 0 Å². The lowest BCUT2D eigenvalue weighted by Gasteiger charge is -2.41. The number of fused-ring (bicyclic) bond motifs is 8. The van der Waals surface area contributed by atoms with Gasteiger partial charge in [-0.1, -0.05) is 0 Å². The number of ether oxygens (including phenoxy) is 1. The highest BCUT2D eigenvalue weighted by Crippen LogP contribution is 2.33. The molecule has 0 aromatic carbocycles. The van der Waals surface area contributed by atoms with Gasteiger partial charge < -0.3 is 34.8 Å². The fraction of sp³-hybridized carbons (Fsp3) is 0.867. The number of carbonyl (C=O) groups is 4. The van der Waals surface area contributed by atoms with Crippen LogP contribution in [0.1, 0.15) is 51.9 Å². The first-order valence-corrected chi connectivity index (χ1v) is 15.9. The average Bonchev–Trinajstić information content (AvgIpc) is 3.44. The molecule has 0 aliphatic carbocycles. The lowest BCUT2D eigenvalue weighted by atomic mass is 9.80. The van der Waals surface area contributed by atoms with Crippen molar-refractivity contribution in [3.05, 3.63) is 0 Å². The third-order valence-corrected chi connectivity index (χ3v) is 10.4. The summed E-state index contributed by atoms with van der Waals surface area (Å²) in [5, 5.41) is 14.0. The molecular formula is C30H50N6O6. The molecule has 6 aliphatic heterocycles. The molecule has 6 fully saturated rings. The largest absolute Gasteiger partial charge is 0.390 e. The Morgan fingerprint density at radius 1 is 0.952 bits per heavy atom. The highest BCUT2D eigenvalue weighted by molar-refractivity contribution is 5.83. The summed E-state index contributed by atoms with van der Waals surface area (Å²) in [6.07, 6.45) is 2.54. The van der Waals surface area contributed by atoms with E-state index in [2.05, 4.69) is 15.1 Å². The van der Waals surface area contributed by atoms with E-state index in [1.165, 1.54) is 0 Å². The summed E-state index contributed by atoms with van der Waals surface area (Å²) in [5.74, 6) is -0.213. The van der Waals surface area contributed by atoms with Crippen LogP contribution >= 0.6 is 0 Å². The second kappa shape index (κ2) is 13.6. The number of morpholine rings is 1. The molecule has 0 aromatic heterocycles. The molecule has 4 bridgehead atoms. The van der Waals surface area contributed by atoms with Crippen LogP contribution < -0.4 is 5.32 Å². The van der Waals surface area contributed by atoms with E-state index in [-0.39, 0.29) is 60.0 Å². The van der Waals surface area contributed by atoms with Crippen LogP contribution in [0.5, 0.6) is 0 Å². The summed E-state index contributed by atoms with van der Waals surface area (Å²) < 4.78 is 5.40. The molecule has 42 heavy (non-hydrogen) atoms. The fourth-order valence-corrected chi connectivity index (χ4v) is 7.55. The van der Waals surface area contributed by atoms with Gasteiger partial charge in [-0.05, 0) is 58.5 Å². The molecule has 0 radical (unpaired) electrons. The van der Waals surface area contributed by atoms with Gasteiger partial charge in [-0.15, -0.1) is 0 Å². The van der Waals surface area contributed by atoms with Gasteiger partial charge in [0.1, 0.15) is 0 Å². The number of hydrogen-bond acceptors (Lipinski definition) is 8. The predicted octanol–water partition coefficient (Wildman–Crippen LogP) is -0.645. The van der Waals surface area contributed by atoms with Crippen molar-refractivity contribution < 1.29 is 29.0 Å². The molecule has 6 heterocycles. The van der Waals surface area contributed by atoms with Crippen molar-refractivity contribution in [1.82, 2.24) is 29.8 Å². The van der Waals surface area contributed by atoms with Crippen LogP contribution in [0.15, 0.2) is 0 Å². The molecule has 6 atom stereocenters. The number of carbonyl (C=O) groups excluding carboxylic acids is 4. The smallest absolute Gasteiger partial charge is 0.237 e. The minimum Gasteiger partial charge on any atom is -0.390 e. The van der Waals surface area contributed by atoms with Gasteiger partial charge in [-0.25, -0.2) is 0 Å². The second-order valence-corrected chi connectivity index (χ2v) is 13.3. The molecule has 12 nitrogen and oxygen atoms in total. The summed E-state index contributed by atoms with van der Waals surface area (Å²) in [6.45, 7) is 7.00. The monoisotopic (exact) mass is 590 g/mol. The van der Waals surface area contributed by atoms with Gasteiger partial charge >= 0.3 is 0 Å². The predicted molar refractivity (Wildman–Crippen MR) is 155 cm³/mol. The van der Waals surface area contributed by atoms with Gasteiger partial charge in [0.05, 0.1) is 37.8 Å². The lowest BCUT2D eigenvalue weighted by Crippen LogP contribution is -2.54. The average molecular weight is 591 g/mol. The summed E-state index contributed by atoms with van der Waals surface area (Å²) in [7, 11) is 4.07. The molecule has 0 spiro atoms. The zero-order chi connectivity index (χ0) is 30.0. The Morgan fingerprint density at radius 3 is 2.31 bits per heavy atom. The van der Waals surface area contributed by atoms with Gasteiger partial charge in [0.2, 0.25) is 23.6 Å². The molecule has 6 rings (SSSR count). The molecule has 236 valence electrons. The number of hydrogen-bond donors (Lipinski definition) is 2. The number of likely N-dealkylation sites (N-methyl/N-ethyl adjacent to an activating group) is 1. The third-order valence-electron chi connectivity index (χ3n) is 10.4. The zero-order valence-corrected chi connectivity index (χ0v) is 25.6. The van der Waals surface area contributed by atoms with Crippen molar-refractivity contribution in [2.75, 3.05) is 73.1 Å². The van der Waals surface area contributed by atoms with Crippen molar-refractivity contribution in [3.63, 3.8) is 0 Å². The third kappa shape index (κ3) is 7.09. The molecule has 0 aromatic rings. The van der Waals surface area contributed by atoms with E-state index in [4.69, 9.17) is 4.74 Å². The van der Waals surface area contributed by atoms with Gasteiger partial charge in [0, 0.05) is 70.7 Å². The Morgan fingerprint density at radius 2 is 1.62 bits per heavy atom. The van der Waals surface area contributed by atoms with Crippen molar-refractivity contribution >= 4 is 23.6 Å². The maximum absolute atomic E-state index is 13.6. The van der Waals surface area contributed by atoms with Crippen LogP contribution in [-0.2, 0) is 23.9 Å². The van der Waals surface area contributed by atoms with E-state index >= 15 is 0 Å². The fourth-order valence-electron chi connectivity index (χ4n) is 7.55. The number of aliphatic hydroxyl groups is 1. The van der Waals surface area contributed by atoms with Crippen LogP contribution in [0.25, 0.3) is 0 Å². The van der Waals surface area contributed by atoms with Gasteiger partial charge in [0.25, 0.3) is 0 Å². The molecule has 4 amide bonds. The molecule has 2 N–H and O–H groups in total. The van der Waals surface area contributed by atoms with Crippen molar-refractivity contribution in [1.29, 1.82) is 0 Å². The Balaban J connectivity index is 1.34. The van der Waals surface area contributed by atoms with E-state index in [1.807, 2.05) is 23.9 Å². The van der Waals surface area contributed by atoms with Crippen molar-refractivity contribution in [3.8, 4) is 0 Å². The van der Waals surface area contributed by atoms with Crippen LogP contribution in [0, 0.1) is 11.8 Å². The van der Waals surface area contributed by atoms with E-state index in [1.54, 1.807) is 11.8 Å². The normalized spacial score (nSPS) is 35.8. The Bertz CT molecular complexity index is 997. The first-order valence-electron chi connectivity index (χ1n) is 15.9. The van der Waals surface area contributed by atoms with Gasteiger partial charge in [0.15, 0.2) is 0 Å². The Hall–Kier alpha value is -2.28. The summed E-state index contributed by atoms with van der Waals surface area (Å²) in [6, 6.07) is -0.424. The van der Waals surface area contributed by atoms with Gasteiger partial charge in [-0.3, -0.25) is 24.1 Å². The highest BCUT2D eigenvalue weighted by Gasteiger charge is 2.44. The number of rotatable bonds is 3. The molecule has 0 saturated carbocycles. The quantitative estimate of drug-likeness (QED) is 0.445. The maximum atomic E-state index is 13.6. The van der Waals surface area contributed by atoms with Crippen molar-refractivity contribution in [2.45, 2.75) is 82.1 Å². The minimum atomic E-state index is -1.01. The molecule has 12 heteroatoms. The first kappa shape index (κ1) is 31.2. The highest BCUT2D eigenvalue weighted by atomic mass is 16.5. The van der Waals surface area contributed by atoms with E-state index in [9.17, 15) is 24.3 Å². The van der Waals surface area contributed by atoms with E-state index < -0.39 is 12.1 Å². The number of nitrogens with one attached hydrogen (secondary N) is 1. The number of amides is 4. The minimum absolute atomic E-state index is 0.0180. The Labute approximate surface area is 249 Å². The zero-order valence-electron chi connectivity index (χ0n) is 25.6. The molecule has 0 unspecified atom stereocenters. The molecular weight excluding hydrogens is 540 g/mol. The van der Waals surface area contributed by atoms with Gasteiger partial charge in [-0.2, -0.15) is 0 Å². The summed E-state index contributed by atoms with van der Waals surface area (Å²) in [5.41, 5.74) is 0. The van der Waals surface area contributed by atoms with E-state index in [0.29, 0.717) is 78.2 Å². The van der Waals surface area contributed by atoms with Crippen LogP contribution in [-0.4, -0.2) is 157 Å². The first-order chi connectivity index (χ1) is 20.1. The van der Waals surface area contributed by atoms with E-state index in [0.717, 1.165) is 19.4 Å². The Kier molecular flexibility index (Phi) is 10.1. The maximum Gasteiger partial charge on any atom is 0.237 e. The molecule has 6 aliphatic rings. The van der Waals surface area contributed by atoms with Crippen LogP contribution in [0.3, 0.4) is 0 Å². The number of aliphatic hydroxyl groups excluding tert-OH is 1. The number of nitrogens with zero attached hydrogens (tertiary/aromatic N) is 5. The lowest BCUT2D eigenvalue weighted by molar-refractivity contribution is -0.142. The summed E-state index contributed by atoms with van der Waals surface area (Å²) >= 11 is 0. The van der Waals surface area contributed by atoms with Crippen LogP contribution in [0.4, 0.5) is 0 Å². The summed E-state index contributed by atoms with van der Waals surface area (Å²) in [4.78, 5) is 63.6. The molecule has 6 saturated heterocycles.